The first kappa shape index (κ1) is 17.8. The maximum absolute atomic E-state index is 12.6. The molecule has 2 aromatic carbocycles. The third-order valence-corrected chi connectivity index (χ3v) is 4.57. The van der Waals surface area contributed by atoms with Crippen LogP contribution >= 0.6 is 0 Å². The molecule has 6 heteroatoms. The standard InChI is InChI=1S/C20H22N2O4/c1-13(23)22-9-8-14-4-6-17(10-16(14)12-22)21-20(24)15-5-7-18(25-2)19(11-15)26-3/h4-7,10-11H,8-9,12H2,1-3H3,(H,21,24). The first-order valence-electron chi connectivity index (χ1n) is 8.42. The summed E-state index contributed by atoms with van der Waals surface area (Å²) < 4.78 is 10.4. The van der Waals surface area contributed by atoms with E-state index in [4.69, 9.17) is 9.47 Å². The van der Waals surface area contributed by atoms with Crippen molar-refractivity contribution in [1.82, 2.24) is 4.90 Å². The summed E-state index contributed by atoms with van der Waals surface area (Å²) in [6, 6.07) is 10.9. The molecule has 0 saturated carbocycles. The molecule has 0 aliphatic carbocycles. The summed E-state index contributed by atoms with van der Waals surface area (Å²) in [5.74, 6) is 0.908. The smallest absolute Gasteiger partial charge is 0.255 e. The maximum atomic E-state index is 12.6. The SMILES string of the molecule is COc1ccc(C(=O)Nc2ccc3c(c2)CN(C(C)=O)CC3)cc1OC. The number of benzene rings is 2. The Morgan fingerprint density at radius 2 is 1.77 bits per heavy atom. The van der Waals surface area contributed by atoms with E-state index in [1.807, 2.05) is 23.1 Å². The second-order valence-corrected chi connectivity index (χ2v) is 6.20. The third kappa shape index (κ3) is 3.64. The lowest BCUT2D eigenvalue weighted by Crippen LogP contribution is -2.34. The van der Waals surface area contributed by atoms with Gasteiger partial charge in [-0.05, 0) is 47.9 Å². The molecule has 1 heterocycles. The zero-order valence-electron chi connectivity index (χ0n) is 15.2. The van der Waals surface area contributed by atoms with E-state index in [-0.39, 0.29) is 11.8 Å². The van der Waals surface area contributed by atoms with Crippen LogP contribution in [-0.4, -0.2) is 37.5 Å². The van der Waals surface area contributed by atoms with E-state index in [9.17, 15) is 9.59 Å². The van der Waals surface area contributed by atoms with Crippen molar-refractivity contribution in [3.05, 3.63) is 53.1 Å². The minimum atomic E-state index is -0.231. The molecule has 0 saturated heterocycles. The summed E-state index contributed by atoms with van der Waals surface area (Å²) in [5, 5.41) is 2.90. The Balaban J connectivity index is 1.78. The molecule has 0 atom stereocenters. The molecule has 6 nitrogen and oxygen atoms in total. The van der Waals surface area contributed by atoms with Crippen molar-refractivity contribution in [2.24, 2.45) is 0 Å². The van der Waals surface area contributed by atoms with Gasteiger partial charge in [-0.3, -0.25) is 9.59 Å². The number of hydrogen-bond donors (Lipinski definition) is 1. The highest BCUT2D eigenvalue weighted by molar-refractivity contribution is 6.04. The molecule has 26 heavy (non-hydrogen) atoms. The maximum Gasteiger partial charge on any atom is 0.255 e. The number of anilines is 1. The number of nitrogens with one attached hydrogen (secondary N) is 1. The molecule has 0 fully saturated rings. The lowest BCUT2D eigenvalue weighted by Gasteiger charge is -2.28. The van der Waals surface area contributed by atoms with Crippen molar-refractivity contribution < 1.29 is 19.1 Å². The molecule has 0 radical (unpaired) electrons. The van der Waals surface area contributed by atoms with E-state index in [1.54, 1.807) is 32.2 Å². The van der Waals surface area contributed by atoms with Crippen LogP contribution in [0, 0.1) is 0 Å². The zero-order chi connectivity index (χ0) is 18.7. The Morgan fingerprint density at radius 3 is 2.46 bits per heavy atom. The number of amides is 2. The van der Waals surface area contributed by atoms with Gasteiger partial charge >= 0.3 is 0 Å². The Morgan fingerprint density at radius 1 is 1.00 bits per heavy atom. The number of nitrogens with zero attached hydrogens (tertiary/aromatic N) is 1. The molecule has 0 spiro atoms. The molecular formula is C20H22N2O4. The van der Waals surface area contributed by atoms with E-state index < -0.39 is 0 Å². The minimum Gasteiger partial charge on any atom is -0.493 e. The number of rotatable bonds is 4. The van der Waals surface area contributed by atoms with Crippen LogP contribution in [0.15, 0.2) is 36.4 Å². The molecule has 0 unspecified atom stereocenters. The van der Waals surface area contributed by atoms with Gasteiger partial charge in [0.2, 0.25) is 5.91 Å². The number of carbonyl (C=O) groups is 2. The molecule has 136 valence electrons. The van der Waals surface area contributed by atoms with Gasteiger partial charge in [-0.15, -0.1) is 0 Å². The largest absolute Gasteiger partial charge is 0.493 e. The van der Waals surface area contributed by atoms with Crippen LogP contribution in [0.2, 0.25) is 0 Å². The first-order valence-corrected chi connectivity index (χ1v) is 8.42. The Kier molecular flexibility index (Phi) is 5.11. The second-order valence-electron chi connectivity index (χ2n) is 6.20. The molecule has 1 aliphatic rings. The van der Waals surface area contributed by atoms with Crippen molar-refractivity contribution in [3.63, 3.8) is 0 Å². The van der Waals surface area contributed by atoms with E-state index in [2.05, 4.69) is 5.32 Å². The molecular weight excluding hydrogens is 332 g/mol. The van der Waals surface area contributed by atoms with E-state index >= 15 is 0 Å². The summed E-state index contributed by atoms with van der Waals surface area (Å²) in [4.78, 5) is 26.0. The van der Waals surface area contributed by atoms with Crippen LogP contribution < -0.4 is 14.8 Å². The monoisotopic (exact) mass is 354 g/mol. The average molecular weight is 354 g/mol. The highest BCUT2D eigenvalue weighted by Crippen LogP contribution is 2.28. The van der Waals surface area contributed by atoms with Gasteiger partial charge in [0.15, 0.2) is 11.5 Å². The van der Waals surface area contributed by atoms with Crippen LogP contribution in [0.3, 0.4) is 0 Å². The van der Waals surface area contributed by atoms with Gasteiger partial charge in [-0.25, -0.2) is 0 Å². The van der Waals surface area contributed by atoms with Crippen molar-refractivity contribution in [2.45, 2.75) is 19.9 Å². The molecule has 1 aliphatic heterocycles. The normalized spacial score (nSPS) is 13.0. The van der Waals surface area contributed by atoms with Gasteiger partial charge in [0.05, 0.1) is 14.2 Å². The van der Waals surface area contributed by atoms with Crippen LogP contribution in [0.25, 0.3) is 0 Å². The van der Waals surface area contributed by atoms with Crippen LogP contribution in [0.5, 0.6) is 11.5 Å². The second kappa shape index (κ2) is 7.47. The van der Waals surface area contributed by atoms with E-state index in [0.717, 1.165) is 18.5 Å². The summed E-state index contributed by atoms with van der Waals surface area (Å²) in [6.45, 7) is 2.89. The number of ether oxygens (including phenoxy) is 2. The predicted molar refractivity (Wildman–Crippen MR) is 98.7 cm³/mol. The summed E-state index contributed by atoms with van der Waals surface area (Å²) in [5.41, 5.74) is 3.46. The van der Waals surface area contributed by atoms with Gasteiger partial charge in [0.1, 0.15) is 0 Å². The minimum absolute atomic E-state index is 0.0652. The number of hydrogen-bond acceptors (Lipinski definition) is 4. The van der Waals surface area contributed by atoms with Crippen LogP contribution in [-0.2, 0) is 17.8 Å². The third-order valence-electron chi connectivity index (χ3n) is 4.57. The van der Waals surface area contributed by atoms with E-state index in [1.165, 1.54) is 12.7 Å². The zero-order valence-corrected chi connectivity index (χ0v) is 15.2. The number of carbonyl (C=O) groups excluding carboxylic acids is 2. The number of fused-ring (bicyclic) bond motifs is 1. The summed E-state index contributed by atoms with van der Waals surface area (Å²) in [6.07, 6.45) is 0.832. The van der Waals surface area contributed by atoms with Crippen molar-refractivity contribution in [2.75, 3.05) is 26.1 Å². The average Bonchev–Trinajstić information content (AvgIpc) is 2.66. The van der Waals surface area contributed by atoms with Crippen LogP contribution in [0.1, 0.15) is 28.4 Å². The Hall–Kier alpha value is -3.02. The van der Waals surface area contributed by atoms with Gasteiger partial charge in [-0.1, -0.05) is 6.07 Å². The predicted octanol–water partition coefficient (Wildman–Crippen LogP) is 2.86. The Labute approximate surface area is 152 Å². The molecule has 2 aromatic rings. The summed E-state index contributed by atoms with van der Waals surface area (Å²) in [7, 11) is 3.08. The lowest BCUT2D eigenvalue weighted by atomic mass is 9.99. The fraction of sp³-hybridized carbons (Fsp3) is 0.300. The van der Waals surface area contributed by atoms with E-state index in [0.29, 0.717) is 29.3 Å². The van der Waals surface area contributed by atoms with Crippen LogP contribution in [0.4, 0.5) is 5.69 Å². The molecule has 0 aromatic heterocycles. The molecule has 0 bridgehead atoms. The lowest BCUT2D eigenvalue weighted by molar-refractivity contribution is -0.129. The highest BCUT2D eigenvalue weighted by atomic mass is 16.5. The molecule has 3 rings (SSSR count). The fourth-order valence-corrected chi connectivity index (χ4v) is 3.08. The first-order chi connectivity index (χ1) is 12.5. The van der Waals surface area contributed by atoms with Gasteiger partial charge < -0.3 is 19.7 Å². The molecule has 1 N–H and O–H groups in total. The topological polar surface area (TPSA) is 67.9 Å². The van der Waals surface area contributed by atoms with Crippen molar-refractivity contribution in [1.29, 1.82) is 0 Å². The van der Waals surface area contributed by atoms with Crippen molar-refractivity contribution in [3.8, 4) is 11.5 Å². The van der Waals surface area contributed by atoms with Gasteiger partial charge in [0, 0.05) is 31.3 Å². The quantitative estimate of drug-likeness (QED) is 0.917. The van der Waals surface area contributed by atoms with Gasteiger partial charge in [0.25, 0.3) is 5.91 Å². The van der Waals surface area contributed by atoms with Crippen molar-refractivity contribution >= 4 is 17.5 Å². The fourth-order valence-electron chi connectivity index (χ4n) is 3.08. The van der Waals surface area contributed by atoms with Gasteiger partial charge in [-0.2, -0.15) is 0 Å². The molecule has 2 amide bonds. The number of methoxy groups -OCH3 is 2. The highest BCUT2D eigenvalue weighted by Gasteiger charge is 2.19. The summed E-state index contributed by atoms with van der Waals surface area (Å²) >= 11 is 0. The Bertz CT molecular complexity index is 848.